The van der Waals surface area contributed by atoms with Crippen molar-refractivity contribution in [3.63, 3.8) is 0 Å². The monoisotopic (exact) mass is 307 g/mol. The van der Waals surface area contributed by atoms with Gasteiger partial charge in [0.1, 0.15) is 0 Å². The van der Waals surface area contributed by atoms with Crippen molar-refractivity contribution in [2.75, 3.05) is 6.54 Å². The lowest BCUT2D eigenvalue weighted by atomic mass is 9.80. The minimum atomic E-state index is -1.01. The Morgan fingerprint density at radius 1 is 1.43 bits per heavy atom. The van der Waals surface area contributed by atoms with Crippen molar-refractivity contribution in [3.05, 3.63) is 28.0 Å². The van der Waals surface area contributed by atoms with Gasteiger partial charge >= 0.3 is 5.97 Å². The minimum absolute atomic E-state index is 0.104. The average Bonchev–Trinajstić information content (AvgIpc) is 2.92. The second-order valence-corrected chi connectivity index (χ2v) is 6.52. The summed E-state index contributed by atoms with van der Waals surface area (Å²) in [6, 6.07) is 1.77. The summed E-state index contributed by atoms with van der Waals surface area (Å²) >= 11 is 1.34. The van der Waals surface area contributed by atoms with Crippen LogP contribution in [-0.2, 0) is 4.79 Å². The van der Waals surface area contributed by atoms with Crippen molar-refractivity contribution in [3.8, 4) is 0 Å². The van der Waals surface area contributed by atoms with Crippen molar-refractivity contribution >= 4 is 29.3 Å². The molecule has 1 amide bonds. The third-order valence-corrected chi connectivity index (χ3v) is 5.05. The number of thiophene rings is 1. The molecule has 1 aliphatic carbocycles. The summed E-state index contributed by atoms with van der Waals surface area (Å²) in [6.45, 7) is 2.96. The van der Waals surface area contributed by atoms with E-state index in [1.165, 1.54) is 43.1 Å². The Morgan fingerprint density at radius 3 is 2.90 bits per heavy atom. The molecule has 1 aliphatic rings. The van der Waals surface area contributed by atoms with Crippen LogP contribution in [0.1, 0.15) is 47.8 Å². The fourth-order valence-electron chi connectivity index (χ4n) is 2.80. The first-order valence-corrected chi connectivity index (χ1v) is 8.22. The van der Waals surface area contributed by atoms with Crippen LogP contribution < -0.4 is 5.32 Å². The molecular weight excluding hydrogens is 286 g/mol. The third kappa shape index (κ3) is 4.43. The second-order valence-electron chi connectivity index (χ2n) is 5.61. The van der Waals surface area contributed by atoms with Gasteiger partial charge in [-0.3, -0.25) is 4.79 Å². The average molecular weight is 307 g/mol. The van der Waals surface area contributed by atoms with Crippen LogP contribution in [0.25, 0.3) is 6.08 Å². The second kappa shape index (κ2) is 7.41. The van der Waals surface area contributed by atoms with Crippen LogP contribution in [0.3, 0.4) is 0 Å². The summed E-state index contributed by atoms with van der Waals surface area (Å²) in [5, 5.41) is 13.5. The number of hydrogen-bond acceptors (Lipinski definition) is 3. The first-order chi connectivity index (χ1) is 10.1. The third-order valence-electron chi connectivity index (χ3n) is 4.12. The molecular formula is C16H21NO3S. The molecule has 0 spiro atoms. The molecule has 5 heteroatoms. The fraction of sp³-hybridized carbons (Fsp3) is 0.500. The Hall–Kier alpha value is -1.62. The molecule has 4 nitrogen and oxygen atoms in total. The Morgan fingerprint density at radius 2 is 2.19 bits per heavy atom. The van der Waals surface area contributed by atoms with Gasteiger partial charge in [-0.05, 0) is 41.3 Å². The predicted molar refractivity (Wildman–Crippen MR) is 84.4 cm³/mol. The van der Waals surface area contributed by atoms with E-state index in [9.17, 15) is 9.59 Å². The number of rotatable bonds is 5. The predicted octanol–water partition coefficient (Wildman–Crippen LogP) is 3.40. The summed E-state index contributed by atoms with van der Waals surface area (Å²) in [6.07, 6.45) is 7.49. The molecule has 0 radical (unpaired) electrons. The van der Waals surface area contributed by atoms with Crippen LogP contribution in [0.15, 0.2) is 17.5 Å². The number of nitrogens with one attached hydrogen (secondary N) is 1. The van der Waals surface area contributed by atoms with Gasteiger partial charge in [0, 0.05) is 12.6 Å². The molecule has 2 unspecified atom stereocenters. The van der Waals surface area contributed by atoms with E-state index in [1.807, 2.05) is 0 Å². The Balaban J connectivity index is 1.94. The van der Waals surface area contributed by atoms with E-state index < -0.39 is 5.97 Å². The maximum Gasteiger partial charge on any atom is 0.328 e. The summed E-state index contributed by atoms with van der Waals surface area (Å²) in [5.74, 6) is 0.103. The number of carboxylic acids is 1. The van der Waals surface area contributed by atoms with Crippen molar-refractivity contribution in [2.24, 2.45) is 11.8 Å². The van der Waals surface area contributed by atoms with E-state index in [4.69, 9.17) is 5.11 Å². The van der Waals surface area contributed by atoms with Crippen LogP contribution in [0.5, 0.6) is 0 Å². The zero-order valence-electron chi connectivity index (χ0n) is 12.2. The molecule has 21 heavy (non-hydrogen) atoms. The minimum Gasteiger partial charge on any atom is -0.478 e. The summed E-state index contributed by atoms with van der Waals surface area (Å²) in [4.78, 5) is 23.4. The Bertz CT molecular complexity index is 535. The van der Waals surface area contributed by atoms with Crippen molar-refractivity contribution in [2.45, 2.75) is 32.6 Å². The first-order valence-electron chi connectivity index (χ1n) is 7.34. The van der Waals surface area contributed by atoms with Gasteiger partial charge < -0.3 is 10.4 Å². The molecule has 1 fully saturated rings. The molecule has 0 aliphatic heterocycles. The molecule has 2 N–H and O–H groups in total. The largest absolute Gasteiger partial charge is 0.478 e. The number of carbonyl (C=O) groups excluding carboxylic acids is 1. The van der Waals surface area contributed by atoms with Gasteiger partial charge in [-0.2, -0.15) is 0 Å². The Labute approximate surface area is 128 Å². The van der Waals surface area contributed by atoms with Crippen LogP contribution >= 0.6 is 11.3 Å². The first kappa shape index (κ1) is 15.8. The smallest absolute Gasteiger partial charge is 0.328 e. The summed E-state index contributed by atoms with van der Waals surface area (Å²) in [5.41, 5.74) is 0.664. The molecule has 2 rings (SSSR count). The van der Waals surface area contributed by atoms with E-state index in [2.05, 4.69) is 12.2 Å². The number of carbonyl (C=O) groups is 2. The van der Waals surface area contributed by atoms with E-state index in [0.717, 1.165) is 6.08 Å². The lowest BCUT2D eigenvalue weighted by Gasteiger charge is -2.28. The summed E-state index contributed by atoms with van der Waals surface area (Å²) in [7, 11) is 0. The van der Waals surface area contributed by atoms with Gasteiger partial charge in [0.15, 0.2) is 0 Å². The maximum atomic E-state index is 12.2. The summed E-state index contributed by atoms with van der Waals surface area (Å²) < 4.78 is 0. The van der Waals surface area contributed by atoms with Gasteiger partial charge in [-0.25, -0.2) is 4.79 Å². The van der Waals surface area contributed by atoms with E-state index >= 15 is 0 Å². The van der Waals surface area contributed by atoms with Crippen LogP contribution in [0.2, 0.25) is 0 Å². The van der Waals surface area contributed by atoms with E-state index in [1.54, 1.807) is 11.4 Å². The standard InChI is InChI=1S/C16H21NO3S/c1-11-4-2-3-5-13(11)10-17-16(20)15-12(8-9-21-15)6-7-14(18)19/h6-9,11,13H,2-5,10H2,1H3,(H,17,20)(H,18,19). The molecule has 1 aromatic heterocycles. The van der Waals surface area contributed by atoms with Crippen LogP contribution in [-0.4, -0.2) is 23.5 Å². The fourth-order valence-corrected chi connectivity index (χ4v) is 3.60. The highest BCUT2D eigenvalue weighted by molar-refractivity contribution is 7.12. The number of carboxylic acid groups (broad SMARTS) is 1. The van der Waals surface area contributed by atoms with Crippen LogP contribution in [0, 0.1) is 11.8 Å². The number of aliphatic carboxylic acids is 1. The topological polar surface area (TPSA) is 66.4 Å². The molecule has 0 aromatic carbocycles. The number of amides is 1. The van der Waals surface area contributed by atoms with Gasteiger partial charge in [0.25, 0.3) is 5.91 Å². The quantitative estimate of drug-likeness (QED) is 0.819. The Kier molecular flexibility index (Phi) is 5.56. The molecule has 1 saturated carbocycles. The lowest BCUT2D eigenvalue weighted by molar-refractivity contribution is -0.131. The molecule has 1 aromatic rings. The molecule has 2 atom stereocenters. The van der Waals surface area contributed by atoms with Gasteiger partial charge in [0.2, 0.25) is 0 Å². The number of hydrogen-bond donors (Lipinski definition) is 2. The molecule has 1 heterocycles. The van der Waals surface area contributed by atoms with Gasteiger partial charge in [-0.15, -0.1) is 11.3 Å². The molecule has 0 saturated heterocycles. The van der Waals surface area contributed by atoms with Crippen molar-refractivity contribution < 1.29 is 14.7 Å². The normalized spacial score (nSPS) is 22.3. The maximum absolute atomic E-state index is 12.2. The van der Waals surface area contributed by atoms with Crippen LogP contribution in [0.4, 0.5) is 0 Å². The zero-order valence-corrected chi connectivity index (χ0v) is 13.0. The highest BCUT2D eigenvalue weighted by Gasteiger charge is 2.22. The van der Waals surface area contributed by atoms with Gasteiger partial charge in [0.05, 0.1) is 4.88 Å². The van der Waals surface area contributed by atoms with E-state index in [-0.39, 0.29) is 5.91 Å². The molecule has 114 valence electrons. The zero-order chi connectivity index (χ0) is 15.2. The lowest BCUT2D eigenvalue weighted by Crippen LogP contribution is -2.33. The highest BCUT2D eigenvalue weighted by Crippen LogP contribution is 2.29. The highest BCUT2D eigenvalue weighted by atomic mass is 32.1. The SMILES string of the molecule is CC1CCCCC1CNC(=O)c1sccc1C=CC(=O)O. The van der Waals surface area contributed by atoms with Crippen molar-refractivity contribution in [1.82, 2.24) is 5.32 Å². The van der Waals surface area contributed by atoms with Crippen molar-refractivity contribution in [1.29, 1.82) is 0 Å². The van der Waals surface area contributed by atoms with E-state index in [0.29, 0.717) is 28.8 Å². The molecule has 0 bridgehead atoms. The van der Waals surface area contributed by atoms with Gasteiger partial charge in [-0.1, -0.05) is 26.2 Å².